The molecule has 0 spiro atoms. The molecule has 2 rings (SSSR count). The van der Waals surface area contributed by atoms with E-state index >= 15 is 0 Å². The van der Waals surface area contributed by atoms with Gasteiger partial charge in [0.15, 0.2) is 0 Å². The Kier molecular flexibility index (Phi) is 11.7. The average Bonchev–Trinajstić information content (AvgIpc) is 3.09. The van der Waals surface area contributed by atoms with Gasteiger partial charge in [0.25, 0.3) is 0 Å². The first-order valence-electron chi connectivity index (χ1n) is 8.59. The fraction of sp³-hybridized carbons (Fsp3) is 0.474. The lowest BCUT2D eigenvalue weighted by Crippen LogP contribution is -2.45. The Morgan fingerprint density at radius 3 is 2.38 bits per heavy atom. The maximum Gasteiger partial charge on any atom is 0.227 e. The van der Waals surface area contributed by atoms with Gasteiger partial charge in [0.05, 0.1) is 22.7 Å². The highest BCUT2D eigenvalue weighted by Crippen LogP contribution is 2.25. The normalized spacial score (nSPS) is 10.6. The number of nitrogens with zero attached hydrogens (tertiary/aromatic N) is 1. The number of carbonyl (C=O) groups excluding carboxylic acids is 1. The second-order valence-electron chi connectivity index (χ2n) is 6.09. The average molecular weight is 418 g/mol. The van der Waals surface area contributed by atoms with Gasteiger partial charge in [-0.25, -0.2) is 4.98 Å². The number of thiazole rings is 1. The van der Waals surface area contributed by atoms with Gasteiger partial charge in [-0.2, -0.15) is 0 Å². The summed E-state index contributed by atoms with van der Waals surface area (Å²) in [7, 11) is 0. The summed E-state index contributed by atoms with van der Waals surface area (Å²) in [5, 5.41) is 6.15. The molecule has 2 aromatic rings. The number of rotatable bonds is 9. The van der Waals surface area contributed by atoms with Crippen LogP contribution in [0.5, 0.6) is 0 Å². The quantitative estimate of drug-likeness (QED) is 0.643. The van der Waals surface area contributed by atoms with E-state index in [2.05, 4.69) is 34.6 Å². The van der Waals surface area contributed by atoms with Gasteiger partial charge < -0.3 is 11.1 Å². The summed E-state index contributed by atoms with van der Waals surface area (Å²) in [6.07, 6.45) is 3.43. The van der Waals surface area contributed by atoms with Gasteiger partial charge >= 0.3 is 0 Å². The molecule has 1 aromatic heterocycles. The predicted octanol–water partition coefficient (Wildman–Crippen LogP) is 4.15. The molecule has 0 unspecified atom stereocenters. The summed E-state index contributed by atoms with van der Waals surface area (Å²) >= 11 is 1.66. The van der Waals surface area contributed by atoms with Crippen LogP contribution in [-0.4, -0.2) is 17.4 Å². The van der Waals surface area contributed by atoms with E-state index in [9.17, 15) is 4.79 Å². The van der Waals surface area contributed by atoms with Crippen molar-refractivity contribution in [1.29, 1.82) is 0 Å². The molecule has 0 fully saturated rings. The lowest BCUT2D eigenvalue weighted by atomic mass is 9.81. The van der Waals surface area contributed by atoms with Crippen molar-refractivity contribution in [3.63, 3.8) is 0 Å². The van der Waals surface area contributed by atoms with Crippen LogP contribution in [0.4, 0.5) is 0 Å². The van der Waals surface area contributed by atoms with E-state index in [0.29, 0.717) is 13.1 Å². The number of halogens is 2. The third kappa shape index (κ3) is 6.54. The fourth-order valence-electron chi connectivity index (χ4n) is 2.75. The van der Waals surface area contributed by atoms with Crippen LogP contribution in [0.1, 0.15) is 43.0 Å². The van der Waals surface area contributed by atoms with Crippen molar-refractivity contribution in [2.75, 3.05) is 6.54 Å². The Morgan fingerprint density at radius 1 is 1.15 bits per heavy atom. The van der Waals surface area contributed by atoms with Crippen molar-refractivity contribution in [2.24, 2.45) is 11.1 Å². The highest BCUT2D eigenvalue weighted by molar-refractivity contribution is 7.09. The first-order chi connectivity index (χ1) is 11.6. The van der Waals surface area contributed by atoms with E-state index in [1.165, 1.54) is 5.56 Å². The monoisotopic (exact) mass is 417 g/mol. The zero-order valence-electron chi connectivity index (χ0n) is 15.4. The van der Waals surface area contributed by atoms with Gasteiger partial charge in [0, 0.05) is 18.3 Å². The standard InChI is InChI=1S/C19H27N3OS.2ClH/c1-3-19(4-2,14-20)18(23)21-12-16-13-24-17(22-16)11-10-15-8-6-5-7-9-15;;/h5-9,13H,3-4,10-12,14,20H2,1-2H3,(H,21,23);2*1H. The molecule has 1 heterocycles. The van der Waals surface area contributed by atoms with Crippen LogP contribution in [-0.2, 0) is 24.2 Å². The molecule has 0 aliphatic rings. The van der Waals surface area contributed by atoms with Gasteiger partial charge in [0.2, 0.25) is 5.91 Å². The van der Waals surface area contributed by atoms with E-state index in [1.807, 2.05) is 25.3 Å². The number of nitrogens with one attached hydrogen (secondary N) is 1. The minimum absolute atomic E-state index is 0. The van der Waals surface area contributed by atoms with E-state index in [0.717, 1.165) is 36.4 Å². The predicted molar refractivity (Wildman–Crippen MR) is 114 cm³/mol. The Morgan fingerprint density at radius 2 is 1.81 bits per heavy atom. The number of aryl methyl sites for hydroxylation is 2. The summed E-state index contributed by atoms with van der Waals surface area (Å²) in [6.45, 7) is 4.88. The van der Waals surface area contributed by atoms with E-state index in [1.54, 1.807) is 11.3 Å². The fourth-order valence-corrected chi connectivity index (χ4v) is 3.55. The highest BCUT2D eigenvalue weighted by Gasteiger charge is 2.33. The SMILES string of the molecule is CCC(CC)(CN)C(=O)NCc1csc(CCc2ccccc2)n1.Cl.Cl. The minimum Gasteiger partial charge on any atom is -0.350 e. The summed E-state index contributed by atoms with van der Waals surface area (Å²) in [6, 6.07) is 10.4. The number of carbonyl (C=O) groups is 1. The van der Waals surface area contributed by atoms with Crippen LogP contribution in [0.15, 0.2) is 35.7 Å². The smallest absolute Gasteiger partial charge is 0.227 e. The van der Waals surface area contributed by atoms with Crippen LogP contribution >= 0.6 is 36.2 Å². The van der Waals surface area contributed by atoms with Crippen molar-refractivity contribution in [2.45, 2.75) is 46.1 Å². The molecule has 7 heteroatoms. The zero-order chi connectivity index (χ0) is 17.4. The number of hydrogen-bond acceptors (Lipinski definition) is 4. The van der Waals surface area contributed by atoms with Crippen LogP contribution in [0.2, 0.25) is 0 Å². The molecular formula is C19H29Cl2N3OS. The molecule has 1 aromatic carbocycles. The van der Waals surface area contributed by atoms with Gasteiger partial charge in [-0.3, -0.25) is 4.79 Å². The van der Waals surface area contributed by atoms with Gasteiger partial charge in [0.1, 0.15) is 0 Å². The van der Waals surface area contributed by atoms with E-state index < -0.39 is 5.41 Å². The third-order valence-corrected chi connectivity index (χ3v) is 5.68. The molecule has 0 saturated heterocycles. The highest BCUT2D eigenvalue weighted by atomic mass is 35.5. The molecule has 0 atom stereocenters. The maximum absolute atomic E-state index is 12.4. The number of aromatic nitrogens is 1. The second-order valence-corrected chi connectivity index (χ2v) is 7.04. The van der Waals surface area contributed by atoms with Crippen LogP contribution in [0, 0.1) is 5.41 Å². The van der Waals surface area contributed by atoms with Crippen molar-refractivity contribution in [3.8, 4) is 0 Å². The Bertz CT molecular complexity index is 637. The van der Waals surface area contributed by atoms with Crippen molar-refractivity contribution in [1.82, 2.24) is 10.3 Å². The zero-order valence-corrected chi connectivity index (χ0v) is 17.8. The molecule has 3 N–H and O–H groups in total. The molecule has 4 nitrogen and oxygen atoms in total. The minimum atomic E-state index is -0.452. The molecule has 0 aliphatic carbocycles. The molecule has 0 bridgehead atoms. The van der Waals surface area contributed by atoms with Gasteiger partial charge in [-0.1, -0.05) is 44.2 Å². The number of hydrogen-bond donors (Lipinski definition) is 2. The summed E-state index contributed by atoms with van der Waals surface area (Å²) in [4.78, 5) is 17.1. The van der Waals surface area contributed by atoms with Crippen molar-refractivity contribution < 1.29 is 4.79 Å². The lowest BCUT2D eigenvalue weighted by molar-refractivity contribution is -0.131. The molecule has 146 valence electrons. The maximum atomic E-state index is 12.4. The van der Waals surface area contributed by atoms with Crippen molar-refractivity contribution >= 4 is 42.1 Å². The molecule has 26 heavy (non-hydrogen) atoms. The number of amides is 1. The lowest BCUT2D eigenvalue weighted by Gasteiger charge is -2.28. The number of nitrogens with two attached hydrogens (primary N) is 1. The Hall–Kier alpha value is -1.14. The van der Waals surface area contributed by atoms with Gasteiger partial charge in [-0.15, -0.1) is 36.2 Å². The van der Waals surface area contributed by atoms with Crippen LogP contribution < -0.4 is 11.1 Å². The Labute approximate surface area is 172 Å². The van der Waals surface area contributed by atoms with Crippen molar-refractivity contribution in [3.05, 3.63) is 52.0 Å². The third-order valence-electron chi connectivity index (χ3n) is 4.73. The second kappa shape index (κ2) is 12.3. The van der Waals surface area contributed by atoms with E-state index in [4.69, 9.17) is 5.73 Å². The molecule has 1 amide bonds. The largest absolute Gasteiger partial charge is 0.350 e. The molecule has 0 saturated carbocycles. The first kappa shape index (κ1) is 24.9. The molecule has 0 aliphatic heterocycles. The van der Waals surface area contributed by atoms with Gasteiger partial charge in [-0.05, 0) is 24.8 Å². The molecule has 0 radical (unpaired) electrons. The van der Waals surface area contributed by atoms with Crippen LogP contribution in [0.3, 0.4) is 0 Å². The first-order valence-corrected chi connectivity index (χ1v) is 9.47. The molecular weight excluding hydrogens is 389 g/mol. The topological polar surface area (TPSA) is 68.0 Å². The summed E-state index contributed by atoms with van der Waals surface area (Å²) in [5.74, 6) is 0.0360. The summed E-state index contributed by atoms with van der Waals surface area (Å²) < 4.78 is 0. The van der Waals surface area contributed by atoms with Crippen LogP contribution in [0.25, 0.3) is 0 Å². The van der Waals surface area contributed by atoms with E-state index in [-0.39, 0.29) is 30.7 Å². The number of benzene rings is 1. The Balaban J connectivity index is 0.00000312. The summed E-state index contributed by atoms with van der Waals surface area (Å²) in [5.41, 5.74) is 7.62.